The van der Waals surface area contributed by atoms with Crippen molar-refractivity contribution in [3.05, 3.63) is 69.2 Å². The van der Waals surface area contributed by atoms with Crippen molar-refractivity contribution in [2.24, 2.45) is 0 Å². The molecular weight excluding hydrogens is 272 g/mol. The van der Waals surface area contributed by atoms with Crippen molar-refractivity contribution in [3.63, 3.8) is 0 Å². The highest BCUT2D eigenvalue weighted by Gasteiger charge is 2.04. The Morgan fingerprint density at radius 1 is 0.588 bits per heavy atom. The fourth-order valence-corrected chi connectivity index (χ4v) is 3.04. The third kappa shape index (κ3) is 2.61. The van der Waals surface area contributed by atoms with E-state index in [0.717, 1.165) is 25.7 Å². The van der Waals surface area contributed by atoms with E-state index in [1.165, 1.54) is 26.7 Å². The minimum Gasteiger partial charge on any atom is -0.0588 e. The average molecular weight is 287 g/mol. The Bertz CT molecular complexity index is 480. The zero-order valence-electron chi connectivity index (χ0n) is 9.75. The number of fused-ring (bicyclic) bond motifs is 4. The molecule has 0 radical (unpaired) electrons. The molecule has 0 amide bonds. The van der Waals surface area contributed by atoms with Crippen LogP contribution in [0.5, 0.6) is 0 Å². The Hall–Kier alpha value is -1.08. The Kier molecular flexibility index (Phi) is 3.02. The van der Waals surface area contributed by atoms with Crippen molar-refractivity contribution in [2.75, 3.05) is 0 Å². The van der Waals surface area contributed by atoms with Gasteiger partial charge in [-0.1, -0.05) is 46.3 Å². The predicted molar refractivity (Wildman–Crippen MR) is 75.4 cm³/mol. The fraction of sp³-hybridized carbons (Fsp3) is 0.250. The lowest BCUT2D eigenvalue weighted by atomic mass is 10.0. The van der Waals surface area contributed by atoms with E-state index in [-0.39, 0.29) is 0 Å². The van der Waals surface area contributed by atoms with Gasteiger partial charge in [-0.25, -0.2) is 0 Å². The van der Waals surface area contributed by atoms with Crippen LogP contribution in [0.4, 0.5) is 0 Å². The van der Waals surface area contributed by atoms with E-state index < -0.39 is 0 Å². The highest BCUT2D eigenvalue weighted by Crippen LogP contribution is 2.20. The summed E-state index contributed by atoms with van der Waals surface area (Å²) in [5.74, 6) is 0. The first kappa shape index (κ1) is 11.0. The van der Waals surface area contributed by atoms with Gasteiger partial charge in [0.1, 0.15) is 0 Å². The molecule has 0 aliphatic heterocycles. The Balaban J connectivity index is 2.01. The lowest BCUT2D eigenvalue weighted by molar-refractivity contribution is 0.947. The molecule has 4 rings (SSSR count). The minimum absolute atomic E-state index is 1.13. The third-order valence-electron chi connectivity index (χ3n) is 3.45. The fourth-order valence-electron chi connectivity index (χ4n) is 2.46. The molecule has 86 valence electrons. The Morgan fingerprint density at radius 2 is 1.00 bits per heavy atom. The smallest absolute Gasteiger partial charge is 0.0180 e. The summed E-state index contributed by atoms with van der Waals surface area (Å²) in [7, 11) is 0. The van der Waals surface area contributed by atoms with Gasteiger partial charge in [0, 0.05) is 4.47 Å². The molecule has 0 saturated carbocycles. The Morgan fingerprint density at radius 3 is 1.47 bits per heavy atom. The van der Waals surface area contributed by atoms with E-state index in [1.54, 1.807) is 0 Å². The van der Waals surface area contributed by atoms with Gasteiger partial charge in [-0.2, -0.15) is 0 Å². The number of halogens is 1. The van der Waals surface area contributed by atoms with E-state index in [2.05, 4.69) is 58.4 Å². The van der Waals surface area contributed by atoms with Crippen molar-refractivity contribution in [1.82, 2.24) is 0 Å². The number of rotatable bonds is 0. The van der Waals surface area contributed by atoms with Crippen LogP contribution < -0.4 is 0 Å². The van der Waals surface area contributed by atoms with Crippen molar-refractivity contribution >= 4 is 15.9 Å². The molecule has 2 aromatic rings. The summed E-state index contributed by atoms with van der Waals surface area (Å²) < 4.78 is 1.22. The summed E-state index contributed by atoms with van der Waals surface area (Å²) in [5.41, 5.74) is 5.77. The van der Waals surface area contributed by atoms with Gasteiger partial charge >= 0.3 is 0 Å². The lowest BCUT2D eigenvalue weighted by Crippen LogP contribution is -1.93. The monoisotopic (exact) mass is 286 g/mol. The van der Waals surface area contributed by atoms with Crippen LogP contribution in [0.3, 0.4) is 0 Å². The maximum absolute atomic E-state index is 3.61. The van der Waals surface area contributed by atoms with Crippen LogP contribution >= 0.6 is 15.9 Å². The molecule has 0 atom stereocenters. The molecule has 0 fully saturated rings. The molecule has 4 bridgehead atoms. The van der Waals surface area contributed by atoms with Crippen LogP contribution in [-0.2, 0) is 25.7 Å². The molecule has 0 N–H and O–H groups in total. The maximum Gasteiger partial charge on any atom is 0.0180 e. The van der Waals surface area contributed by atoms with Crippen LogP contribution in [0, 0.1) is 0 Å². The standard InChI is InChI=1S/C16H15Br/c17-16-10-14-7-5-12-1-2-13(4-3-12)6-8-15(9-14)11-16/h1-4,9-11H,5-8H2. The van der Waals surface area contributed by atoms with Crippen molar-refractivity contribution in [1.29, 1.82) is 0 Å². The van der Waals surface area contributed by atoms with Crippen molar-refractivity contribution < 1.29 is 0 Å². The van der Waals surface area contributed by atoms with E-state index in [0.29, 0.717) is 0 Å². The highest BCUT2D eigenvalue weighted by atomic mass is 79.9. The Labute approximate surface area is 111 Å². The van der Waals surface area contributed by atoms with Crippen LogP contribution in [0.25, 0.3) is 0 Å². The molecule has 0 nitrogen and oxygen atoms in total. The summed E-state index contributed by atoms with van der Waals surface area (Å²) >= 11 is 3.61. The second-order valence-corrected chi connectivity index (χ2v) is 5.70. The van der Waals surface area contributed by atoms with Gasteiger partial charge < -0.3 is 0 Å². The average Bonchev–Trinajstić information content (AvgIpc) is 2.38. The van der Waals surface area contributed by atoms with E-state index in [4.69, 9.17) is 0 Å². The quantitative estimate of drug-likeness (QED) is 0.676. The van der Waals surface area contributed by atoms with Gasteiger partial charge in [0.2, 0.25) is 0 Å². The van der Waals surface area contributed by atoms with Crippen molar-refractivity contribution in [3.8, 4) is 0 Å². The highest BCUT2D eigenvalue weighted by molar-refractivity contribution is 9.10. The number of benzene rings is 2. The molecule has 1 heteroatoms. The molecular formula is C16H15Br. The van der Waals surface area contributed by atoms with E-state index in [1.807, 2.05) is 0 Å². The van der Waals surface area contributed by atoms with Gasteiger partial charge in [-0.15, -0.1) is 0 Å². The van der Waals surface area contributed by atoms with Crippen LogP contribution in [0.15, 0.2) is 46.9 Å². The normalized spacial score (nSPS) is 14.4. The maximum atomic E-state index is 3.61. The molecule has 0 heterocycles. The molecule has 0 aromatic heterocycles. The SMILES string of the molecule is Brc1cc2cc(c1)CCc1ccc(cc1)CC2. The van der Waals surface area contributed by atoms with Gasteiger partial charge in [0.15, 0.2) is 0 Å². The second kappa shape index (κ2) is 4.66. The van der Waals surface area contributed by atoms with Gasteiger partial charge in [-0.05, 0) is 60.1 Å². The van der Waals surface area contributed by atoms with Crippen LogP contribution in [0.1, 0.15) is 22.3 Å². The van der Waals surface area contributed by atoms with Gasteiger partial charge in [0.25, 0.3) is 0 Å². The summed E-state index contributed by atoms with van der Waals surface area (Å²) in [5, 5.41) is 0. The summed E-state index contributed by atoms with van der Waals surface area (Å²) in [6, 6.07) is 16.0. The summed E-state index contributed by atoms with van der Waals surface area (Å²) in [4.78, 5) is 0. The first-order chi connectivity index (χ1) is 8.29. The van der Waals surface area contributed by atoms with Crippen LogP contribution in [0.2, 0.25) is 0 Å². The molecule has 17 heavy (non-hydrogen) atoms. The zero-order valence-corrected chi connectivity index (χ0v) is 11.3. The molecule has 0 spiro atoms. The molecule has 0 unspecified atom stereocenters. The molecule has 0 saturated heterocycles. The van der Waals surface area contributed by atoms with Gasteiger partial charge in [0.05, 0.1) is 0 Å². The zero-order chi connectivity index (χ0) is 11.7. The third-order valence-corrected chi connectivity index (χ3v) is 3.90. The summed E-state index contributed by atoms with van der Waals surface area (Å²) in [6.45, 7) is 0. The van der Waals surface area contributed by atoms with E-state index in [9.17, 15) is 0 Å². The number of aryl methyl sites for hydroxylation is 4. The topological polar surface area (TPSA) is 0 Å². The predicted octanol–water partition coefficient (Wildman–Crippen LogP) is 4.33. The second-order valence-electron chi connectivity index (χ2n) is 4.78. The number of hydrogen-bond acceptors (Lipinski definition) is 0. The first-order valence-corrected chi connectivity index (χ1v) is 6.95. The molecule has 2 aliphatic carbocycles. The number of hydrogen-bond donors (Lipinski definition) is 0. The minimum atomic E-state index is 1.13. The molecule has 2 aliphatic rings. The van der Waals surface area contributed by atoms with Crippen LogP contribution in [-0.4, -0.2) is 0 Å². The van der Waals surface area contributed by atoms with Gasteiger partial charge in [-0.3, -0.25) is 0 Å². The van der Waals surface area contributed by atoms with E-state index >= 15 is 0 Å². The largest absolute Gasteiger partial charge is 0.0588 e. The van der Waals surface area contributed by atoms with Crippen molar-refractivity contribution in [2.45, 2.75) is 25.7 Å². The first-order valence-electron chi connectivity index (χ1n) is 6.16. The lowest BCUT2D eigenvalue weighted by Gasteiger charge is -2.05. The molecule has 2 aromatic carbocycles. The summed E-state index contributed by atoms with van der Waals surface area (Å²) in [6.07, 6.45) is 4.53.